The molecule has 136 valence electrons. The molecule has 7 nitrogen and oxygen atoms in total. The number of nitrogens with zero attached hydrogens (tertiary/aromatic N) is 2. The summed E-state index contributed by atoms with van der Waals surface area (Å²) in [6.07, 6.45) is 0. The predicted molar refractivity (Wildman–Crippen MR) is 95.1 cm³/mol. The van der Waals surface area contributed by atoms with Crippen molar-refractivity contribution in [2.75, 3.05) is 13.2 Å². The number of azo groups is 1. The van der Waals surface area contributed by atoms with E-state index in [1.54, 1.807) is 38.1 Å². The molecule has 1 aliphatic carbocycles. The first kappa shape index (κ1) is 17.1. The largest absolute Gasteiger partial charge is 0.462 e. The van der Waals surface area contributed by atoms with E-state index < -0.39 is 23.3 Å². The highest BCUT2D eigenvalue weighted by Gasteiger charge is 2.58. The number of ketones is 1. The summed E-state index contributed by atoms with van der Waals surface area (Å²) in [7, 11) is 0. The van der Waals surface area contributed by atoms with Gasteiger partial charge in [0.2, 0.25) is 11.3 Å². The summed E-state index contributed by atoms with van der Waals surface area (Å²) in [5.41, 5.74) is -1.22. The molecular weight excluding hydrogens is 348 g/mol. The van der Waals surface area contributed by atoms with Crippen LogP contribution in [0.4, 0.5) is 0 Å². The molecule has 2 aromatic carbocycles. The number of carbonyl (C=O) groups excluding carboxylic acids is 3. The van der Waals surface area contributed by atoms with Crippen molar-refractivity contribution in [2.24, 2.45) is 10.2 Å². The number of hydrogen-bond acceptors (Lipinski definition) is 7. The van der Waals surface area contributed by atoms with Crippen LogP contribution in [0.15, 0.2) is 57.9 Å². The summed E-state index contributed by atoms with van der Waals surface area (Å²) in [6.45, 7) is 3.47. The Morgan fingerprint density at radius 3 is 2.37 bits per heavy atom. The number of hydrogen-bond donors (Lipinski definition) is 0. The van der Waals surface area contributed by atoms with Gasteiger partial charge in [0, 0.05) is 11.1 Å². The van der Waals surface area contributed by atoms with Crippen molar-refractivity contribution >= 4 is 28.5 Å². The van der Waals surface area contributed by atoms with Crippen molar-refractivity contribution in [1.82, 2.24) is 0 Å². The standard InChI is InChI=1S/C20H16N2O5/c1-3-26-18(24)15-16(19(25)27-4-2)21-22-20(15)13-10-6-8-11-7-5-9-12(14(11)13)17(20)23/h5-10H,3-4H2,1-2H3. The molecule has 0 saturated carbocycles. The summed E-state index contributed by atoms with van der Waals surface area (Å²) in [4.78, 5) is 38.6. The van der Waals surface area contributed by atoms with E-state index in [2.05, 4.69) is 10.2 Å². The first-order valence-corrected chi connectivity index (χ1v) is 8.65. The SMILES string of the molecule is CCOC(=O)C1=C(C(=O)OCC)C2(N=N1)C(=O)c1cccc3cccc2c13. The average molecular weight is 364 g/mol. The fraction of sp³-hybridized carbons (Fsp3) is 0.250. The van der Waals surface area contributed by atoms with Gasteiger partial charge in [-0.2, -0.15) is 5.11 Å². The summed E-state index contributed by atoms with van der Waals surface area (Å²) < 4.78 is 10.1. The monoisotopic (exact) mass is 364 g/mol. The fourth-order valence-corrected chi connectivity index (χ4v) is 3.68. The van der Waals surface area contributed by atoms with Gasteiger partial charge < -0.3 is 9.47 Å². The highest BCUT2D eigenvalue weighted by molar-refractivity contribution is 6.25. The fourth-order valence-electron chi connectivity index (χ4n) is 3.68. The molecule has 0 bridgehead atoms. The van der Waals surface area contributed by atoms with Gasteiger partial charge in [0.05, 0.1) is 13.2 Å². The van der Waals surface area contributed by atoms with Crippen LogP contribution in [0.3, 0.4) is 0 Å². The molecule has 0 saturated heterocycles. The van der Waals surface area contributed by atoms with Crippen molar-refractivity contribution in [1.29, 1.82) is 0 Å². The van der Waals surface area contributed by atoms with Gasteiger partial charge in [-0.15, -0.1) is 5.11 Å². The molecule has 27 heavy (non-hydrogen) atoms. The van der Waals surface area contributed by atoms with E-state index in [-0.39, 0.29) is 24.5 Å². The minimum Gasteiger partial charge on any atom is -0.462 e. The molecule has 1 heterocycles. The maximum absolute atomic E-state index is 13.4. The van der Waals surface area contributed by atoms with E-state index in [1.807, 2.05) is 12.1 Å². The van der Waals surface area contributed by atoms with E-state index in [0.717, 1.165) is 5.39 Å². The molecule has 0 amide bonds. The molecule has 4 rings (SSSR count). The predicted octanol–water partition coefficient (Wildman–Crippen LogP) is 3.08. The molecule has 1 spiro atoms. The number of esters is 2. The summed E-state index contributed by atoms with van der Waals surface area (Å²) in [6, 6.07) is 10.7. The van der Waals surface area contributed by atoms with Gasteiger partial charge in [-0.3, -0.25) is 4.79 Å². The van der Waals surface area contributed by atoms with Crippen LogP contribution in [0.2, 0.25) is 0 Å². The van der Waals surface area contributed by atoms with E-state index in [0.29, 0.717) is 16.5 Å². The van der Waals surface area contributed by atoms with E-state index in [4.69, 9.17) is 9.47 Å². The molecule has 0 N–H and O–H groups in total. The van der Waals surface area contributed by atoms with E-state index >= 15 is 0 Å². The van der Waals surface area contributed by atoms with Gasteiger partial charge in [0.1, 0.15) is 5.57 Å². The van der Waals surface area contributed by atoms with Crippen LogP contribution < -0.4 is 0 Å². The minimum absolute atomic E-state index is 0.0832. The first-order chi connectivity index (χ1) is 13.1. The van der Waals surface area contributed by atoms with Gasteiger partial charge in [-0.25, -0.2) is 9.59 Å². The van der Waals surface area contributed by atoms with E-state index in [1.165, 1.54) is 0 Å². The lowest BCUT2D eigenvalue weighted by molar-refractivity contribution is -0.142. The highest BCUT2D eigenvalue weighted by atomic mass is 16.5. The Kier molecular flexibility index (Phi) is 3.87. The zero-order valence-corrected chi connectivity index (χ0v) is 14.8. The molecular formula is C20H16N2O5. The minimum atomic E-state index is -1.71. The molecule has 0 aromatic heterocycles. The van der Waals surface area contributed by atoms with Crippen molar-refractivity contribution in [3.05, 3.63) is 58.8 Å². The molecule has 7 heteroatoms. The Hall–Kier alpha value is -3.35. The third-order valence-electron chi connectivity index (χ3n) is 4.71. The van der Waals surface area contributed by atoms with Crippen LogP contribution in [0.25, 0.3) is 10.8 Å². The highest BCUT2D eigenvalue weighted by Crippen LogP contribution is 2.51. The summed E-state index contributed by atoms with van der Waals surface area (Å²) in [5, 5.41) is 9.61. The van der Waals surface area contributed by atoms with Gasteiger partial charge >= 0.3 is 11.9 Å². The normalized spacial score (nSPS) is 20.0. The maximum atomic E-state index is 13.4. The molecule has 1 atom stereocenters. The number of fused-ring (bicyclic) bond motifs is 1. The van der Waals surface area contributed by atoms with Crippen LogP contribution in [-0.2, 0) is 24.6 Å². The molecule has 1 unspecified atom stereocenters. The lowest BCUT2D eigenvalue weighted by Crippen LogP contribution is -2.36. The average Bonchev–Trinajstić information content (AvgIpc) is 3.18. The van der Waals surface area contributed by atoms with Gasteiger partial charge in [0.25, 0.3) is 0 Å². The zero-order chi connectivity index (χ0) is 19.2. The van der Waals surface area contributed by atoms with Gasteiger partial charge in [-0.05, 0) is 24.6 Å². The molecule has 0 radical (unpaired) electrons. The Labute approximate surface area is 154 Å². The van der Waals surface area contributed by atoms with Crippen molar-refractivity contribution in [3.63, 3.8) is 0 Å². The Morgan fingerprint density at radius 2 is 1.67 bits per heavy atom. The van der Waals surface area contributed by atoms with Crippen LogP contribution in [0.5, 0.6) is 0 Å². The second-order valence-corrected chi connectivity index (χ2v) is 6.11. The topological polar surface area (TPSA) is 94.4 Å². The second kappa shape index (κ2) is 6.12. The van der Waals surface area contributed by atoms with Crippen molar-refractivity contribution in [2.45, 2.75) is 19.4 Å². The van der Waals surface area contributed by atoms with Gasteiger partial charge in [-0.1, -0.05) is 36.4 Å². The Morgan fingerprint density at radius 1 is 1.00 bits per heavy atom. The van der Waals surface area contributed by atoms with E-state index in [9.17, 15) is 14.4 Å². The first-order valence-electron chi connectivity index (χ1n) is 8.65. The number of ether oxygens (including phenoxy) is 2. The quantitative estimate of drug-likeness (QED) is 0.777. The number of benzene rings is 2. The van der Waals surface area contributed by atoms with Crippen LogP contribution in [-0.4, -0.2) is 30.9 Å². The number of rotatable bonds is 4. The molecule has 1 aliphatic heterocycles. The third kappa shape index (κ3) is 2.17. The zero-order valence-electron chi connectivity index (χ0n) is 14.8. The Balaban J connectivity index is 2.02. The second-order valence-electron chi connectivity index (χ2n) is 6.11. The molecule has 2 aliphatic rings. The molecule has 2 aromatic rings. The molecule has 0 fully saturated rings. The van der Waals surface area contributed by atoms with Crippen LogP contribution in [0.1, 0.15) is 29.8 Å². The van der Waals surface area contributed by atoms with Crippen LogP contribution in [0, 0.1) is 0 Å². The maximum Gasteiger partial charge on any atom is 0.359 e. The number of carbonyl (C=O) groups is 3. The van der Waals surface area contributed by atoms with Crippen molar-refractivity contribution in [3.8, 4) is 0 Å². The lowest BCUT2D eigenvalue weighted by Gasteiger charge is -2.21. The number of Topliss-reactive ketones (excluding diaryl/α,β-unsaturated/α-hetero) is 1. The Bertz CT molecular complexity index is 1060. The smallest absolute Gasteiger partial charge is 0.359 e. The summed E-state index contributed by atoms with van der Waals surface area (Å²) in [5.74, 6) is -2.01. The van der Waals surface area contributed by atoms with Crippen molar-refractivity contribution < 1.29 is 23.9 Å². The summed E-state index contributed by atoms with van der Waals surface area (Å²) >= 11 is 0. The van der Waals surface area contributed by atoms with Gasteiger partial charge in [0.15, 0.2) is 5.70 Å². The van der Waals surface area contributed by atoms with Crippen LogP contribution >= 0.6 is 0 Å². The lowest BCUT2D eigenvalue weighted by atomic mass is 9.82. The third-order valence-corrected chi connectivity index (χ3v) is 4.71.